The van der Waals surface area contributed by atoms with Gasteiger partial charge in [0.15, 0.2) is 0 Å². The summed E-state index contributed by atoms with van der Waals surface area (Å²) in [6, 6.07) is 12.2. The lowest BCUT2D eigenvalue weighted by molar-refractivity contribution is -0.753. The zero-order chi connectivity index (χ0) is 33.0. The maximum absolute atomic E-state index is 15.3. The Hall–Kier alpha value is -4.25. The van der Waals surface area contributed by atoms with Crippen LogP contribution in [0.15, 0.2) is 60.5 Å². The van der Waals surface area contributed by atoms with Gasteiger partial charge in [-0.25, -0.2) is 18.6 Å². The molecule has 242 valence electrons. The maximum Gasteiger partial charge on any atom is 0.412 e. The Morgan fingerprint density at radius 1 is 1.26 bits per heavy atom. The van der Waals surface area contributed by atoms with Crippen molar-refractivity contribution in [3.8, 4) is 17.3 Å². The SMILES string of the molecule is CNC1CCCCC1N(C)C(=O)OC(C)[n+]1cnn(CC(O)(c2cc(F)ccc2F)C(C)c2nc(-c3ccc(C#N)cc3)cs2)c1. The van der Waals surface area contributed by atoms with Crippen LogP contribution in [0.3, 0.4) is 0 Å². The van der Waals surface area contributed by atoms with Crippen LogP contribution >= 0.6 is 11.3 Å². The summed E-state index contributed by atoms with van der Waals surface area (Å²) in [4.78, 5) is 19.4. The summed E-state index contributed by atoms with van der Waals surface area (Å²) in [6.45, 7) is 3.16. The molecular formula is C33H38F2N7O3S+. The lowest BCUT2D eigenvalue weighted by Crippen LogP contribution is -2.52. The first-order valence-corrected chi connectivity index (χ1v) is 16.1. The molecule has 46 heavy (non-hydrogen) atoms. The van der Waals surface area contributed by atoms with Gasteiger partial charge in [-0.3, -0.25) is 0 Å². The Morgan fingerprint density at radius 2 is 2.00 bits per heavy atom. The van der Waals surface area contributed by atoms with Gasteiger partial charge in [0, 0.05) is 53.6 Å². The highest BCUT2D eigenvalue weighted by molar-refractivity contribution is 7.10. The second-order valence-corrected chi connectivity index (χ2v) is 12.7. The van der Waals surface area contributed by atoms with Gasteiger partial charge in [0.25, 0.3) is 6.33 Å². The second-order valence-electron chi connectivity index (χ2n) is 11.8. The molecule has 0 bridgehead atoms. The average Bonchev–Trinajstić information content (AvgIpc) is 3.75. The van der Waals surface area contributed by atoms with Crippen LogP contribution in [-0.4, -0.2) is 57.0 Å². The van der Waals surface area contributed by atoms with Gasteiger partial charge in [-0.15, -0.1) is 16.0 Å². The largest absolute Gasteiger partial charge is 0.412 e. The van der Waals surface area contributed by atoms with Crippen LogP contribution in [0.2, 0.25) is 0 Å². The van der Waals surface area contributed by atoms with E-state index in [9.17, 15) is 14.3 Å². The van der Waals surface area contributed by atoms with E-state index in [1.807, 2.05) is 12.4 Å². The summed E-state index contributed by atoms with van der Waals surface area (Å²) in [5.74, 6) is -2.26. The number of carbonyl (C=O) groups excluding carboxylic acids is 1. The van der Waals surface area contributed by atoms with E-state index in [0.29, 0.717) is 16.3 Å². The maximum atomic E-state index is 15.3. The Bertz CT molecular complexity index is 1710. The number of amides is 1. The highest BCUT2D eigenvalue weighted by atomic mass is 32.1. The highest BCUT2D eigenvalue weighted by Crippen LogP contribution is 2.41. The first kappa shape index (κ1) is 33.1. The zero-order valence-corrected chi connectivity index (χ0v) is 27.0. The van der Waals surface area contributed by atoms with Gasteiger partial charge in [0.2, 0.25) is 12.6 Å². The first-order valence-electron chi connectivity index (χ1n) is 15.2. The molecule has 0 radical (unpaired) electrons. The minimum Gasteiger partial charge on any atom is -0.412 e. The lowest BCUT2D eigenvalue weighted by Gasteiger charge is -2.37. The lowest BCUT2D eigenvalue weighted by atomic mass is 9.82. The minimum absolute atomic E-state index is 0.0205. The fourth-order valence-electron chi connectivity index (χ4n) is 6.02. The molecule has 4 aromatic rings. The quantitative estimate of drug-likeness (QED) is 0.225. The van der Waals surface area contributed by atoms with Crippen molar-refractivity contribution in [1.82, 2.24) is 25.0 Å². The van der Waals surface area contributed by atoms with Crippen LogP contribution < -0.4 is 9.88 Å². The van der Waals surface area contributed by atoms with E-state index in [2.05, 4.69) is 16.5 Å². The third kappa shape index (κ3) is 6.94. The van der Waals surface area contributed by atoms with Crippen molar-refractivity contribution in [2.24, 2.45) is 0 Å². The van der Waals surface area contributed by atoms with Crippen molar-refractivity contribution in [3.63, 3.8) is 0 Å². The number of hydrogen-bond acceptors (Lipinski definition) is 8. The van der Waals surface area contributed by atoms with Gasteiger partial charge >= 0.3 is 6.09 Å². The van der Waals surface area contributed by atoms with Crippen LogP contribution in [0, 0.1) is 23.0 Å². The molecular weight excluding hydrogens is 612 g/mol. The number of aliphatic hydroxyl groups is 1. The monoisotopic (exact) mass is 650 g/mol. The van der Waals surface area contributed by atoms with Crippen molar-refractivity contribution in [1.29, 1.82) is 5.26 Å². The number of rotatable bonds is 10. The van der Waals surface area contributed by atoms with Crippen molar-refractivity contribution in [3.05, 3.63) is 88.3 Å². The Kier molecular flexibility index (Phi) is 10.1. The number of aromatic nitrogens is 4. The Balaban J connectivity index is 1.38. The molecule has 0 saturated heterocycles. The number of benzene rings is 2. The number of likely N-dealkylation sites (N-methyl/N-ethyl adjacent to an activating group) is 2. The molecule has 10 nitrogen and oxygen atoms in total. The zero-order valence-electron chi connectivity index (χ0n) is 26.2. The molecule has 1 aliphatic carbocycles. The summed E-state index contributed by atoms with van der Waals surface area (Å²) < 4.78 is 38.5. The van der Waals surface area contributed by atoms with Crippen molar-refractivity contribution >= 4 is 17.4 Å². The van der Waals surface area contributed by atoms with Crippen LogP contribution in [0.1, 0.15) is 67.8 Å². The number of halogens is 2. The second kappa shape index (κ2) is 14.0. The van der Waals surface area contributed by atoms with E-state index in [1.165, 1.54) is 22.3 Å². The summed E-state index contributed by atoms with van der Waals surface area (Å²) in [7, 11) is 3.64. The number of carbonyl (C=O) groups is 1. The van der Waals surface area contributed by atoms with Crippen LogP contribution in [-0.2, 0) is 16.9 Å². The number of ether oxygens (including phenoxy) is 1. The molecule has 1 fully saturated rings. The van der Waals surface area contributed by atoms with Crippen molar-refractivity contribution in [2.75, 3.05) is 14.1 Å². The third-order valence-electron chi connectivity index (χ3n) is 8.89. The van der Waals surface area contributed by atoms with Crippen molar-refractivity contribution in [2.45, 2.75) is 75.9 Å². The number of nitrogens with one attached hydrogen (secondary N) is 1. The molecule has 1 saturated carbocycles. The third-order valence-corrected chi connectivity index (χ3v) is 9.92. The number of hydrogen-bond donors (Lipinski definition) is 2. The minimum atomic E-state index is -1.97. The molecule has 5 atom stereocenters. The summed E-state index contributed by atoms with van der Waals surface area (Å²) >= 11 is 1.28. The van der Waals surface area contributed by atoms with Gasteiger partial charge < -0.3 is 20.1 Å². The predicted octanol–water partition coefficient (Wildman–Crippen LogP) is 5.25. The Morgan fingerprint density at radius 3 is 2.72 bits per heavy atom. The normalized spacial score (nSPS) is 19.1. The highest BCUT2D eigenvalue weighted by Gasteiger charge is 2.43. The van der Waals surface area contributed by atoms with Crippen LogP contribution in [0.25, 0.3) is 11.3 Å². The van der Waals surface area contributed by atoms with Gasteiger partial charge in [0.05, 0.1) is 22.3 Å². The number of nitriles is 1. The molecule has 5 unspecified atom stereocenters. The molecule has 2 N–H and O–H groups in total. The molecule has 5 rings (SSSR count). The van der Waals surface area contributed by atoms with E-state index in [1.54, 1.807) is 61.0 Å². The van der Waals surface area contributed by atoms with E-state index in [4.69, 9.17) is 15.0 Å². The van der Waals surface area contributed by atoms with Gasteiger partial charge in [-0.1, -0.05) is 31.9 Å². The fourth-order valence-corrected chi connectivity index (χ4v) is 6.99. The van der Waals surface area contributed by atoms with Gasteiger partial charge in [-0.2, -0.15) is 9.83 Å². The fraction of sp³-hybridized carbons (Fsp3) is 0.424. The van der Waals surface area contributed by atoms with E-state index < -0.39 is 35.5 Å². The van der Waals surface area contributed by atoms with Crippen LogP contribution in [0.5, 0.6) is 0 Å². The smallest absolute Gasteiger partial charge is 0.412 e. The molecule has 2 heterocycles. The van der Waals surface area contributed by atoms with E-state index in [-0.39, 0.29) is 24.2 Å². The first-order chi connectivity index (χ1) is 22.0. The number of nitrogens with zero attached hydrogens (tertiary/aromatic N) is 6. The van der Waals surface area contributed by atoms with Gasteiger partial charge in [0.1, 0.15) is 23.8 Å². The molecule has 0 spiro atoms. The molecule has 13 heteroatoms. The topological polar surface area (TPSA) is 120 Å². The average molecular weight is 651 g/mol. The molecule has 1 aliphatic rings. The van der Waals surface area contributed by atoms with Gasteiger partial charge in [-0.05, 0) is 50.2 Å². The molecule has 1 amide bonds. The predicted molar refractivity (Wildman–Crippen MR) is 167 cm³/mol. The summed E-state index contributed by atoms with van der Waals surface area (Å²) in [6.07, 6.45) is 5.84. The van der Waals surface area contributed by atoms with Crippen molar-refractivity contribution < 1.29 is 28.0 Å². The van der Waals surface area contributed by atoms with Crippen LogP contribution in [0.4, 0.5) is 13.6 Å². The number of thiazole rings is 1. The molecule has 2 aromatic carbocycles. The molecule has 0 aliphatic heterocycles. The van der Waals surface area contributed by atoms with E-state index >= 15 is 4.39 Å². The molecule has 2 aromatic heterocycles. The Labute approximate surface area is 270 Å². The summed E-state index contributed by atoms with van der Waals surface area (Å²) in [5, 5.41) is 31.3. The standard InChI is InChI=1S/C33H38F2N7O3S/c1-21(31-39-29(17-46-31)24-11-9-23(16-36)10-12-24)33(44,26-15-25(34)13-14-27(26)35)18-42-20-41(19-38-42)22(2)45-32(43)40(4)30-8-6-5-7-28(30)37-3/h9-15,17,19-22,28,30,37,44H,5-8,18H2,1-4H3/q+1. The van der Waals surface area contributed by atoms with E-state index in [0.717, 1.165) is 49.4 Å². The summed E-state index contributed by atoms with van der Waals surface area (Å²) in [5.41, 5.74) is -0.279.